The van der Waals surface area contributed by atoms with Crippen molar-refractivity contribution in [3.8, 4) is 11.8 Å². The summed E-state index contributed by atoms with van der Waals surface area (Å²) in [5.74, 6) is 0.640. The van der Waals surface area contributed by atoms with Gasteiger partial charge in [0.2, 0.25) is 0 Å². The van der Waals surface area contributed by atoms with E-state index in [0.29, 0.717) is 24.5 Å². The maximum atomic E-state index is 9.03. The van der Waals surface area contributed by atoms with E-state index < -0.39 is 0 Å². The van der Waals surface area contributed by atoms with Gasteiger partial charge in [0.25, 0.3) is 0 Å². The fraction of sp³-hybridized carbons (Fsp3) is 0.143. The summed E-state index contributed by atoms with van der Waals surface area (Å²) in [4.78, 5) is 10.1. The minimum Gasteiger partial charge on any atom is -0.496 e. The number of para-hydroxylation sites is 1. The van der Waals surface area contributed by atoms with E-state index in [0.717, 1.165) is 16.8 Å². The summed E-state index contributed by atoms with van der Waals surface area (Å²) < 4.78 is 5.39. The van der Waals surface area contributed by atoms with Gasteiger partial charge in [-0.05, 0) is 42.0 Å². The molecule has 0 atom stereocenters. The fourth-order valence-electron chi connectivity index (χ4n) is 2.54. The Bertz CT molecular complexity index is 877. The van der Waals surface area contributed by atoms with Crippen LogP contribution in [0.4, 0.5) is 5.69 Å². The summed E-state index contributed by atoms with van der Waals surface area (Å²) in [6, 6.07) is 21.3. The molecule has 0 amide bonds. The number of nitrogens with zero attached hydrogens (tertiary/aromatic N) is 3. The predicted molar refractivity (Wildman–Crippen MR) is 99.4 cm³/mol. The molecule has 26 heavy (non-hydrogen) atoms. The van der Waals surface area contributed by atoms with Gasteiger partial charge in [0, 0.05) is 18.0 Å². The molecule has 0 saturated carbocycles. The monoisotopic (exact) mass is 345 g/mol. The second kappa shape index (κ2) is 8.65. The van der Waals surface area contributed by atoms with Gasteiger partial charge in [-0.1, -0.05) is 24.3 Å². The van der Waals surface area contributed by atoms with Gasteiger partial charge in [0.05, 0.1) is 31.0 Å². The van der Waals surface area contributed by atoms with Gasteiger partial charge < -0.3 is 4.74 Å². The van der Waals surface area contributed by atoms with Crippen LogP contribution in [0.2, 0.25) is 0 Å². The molecular weight excluding hydrogens is 326 g/mol. The molecular formula is C21H19N3O2. The molecule has 0 aliphatic carbocycles. The second-order valence-corrected chi connectivity index (χ2v) is 5.64. The molecule has 3 rings (SSSR count). The number of ether oxygens (including phenoxy) is 1. The van der Waals surface area contributed by atoms with Crippen LogP contribution in [0.1, 0.15) is 16.7 Å². The number of benzene rings is 2. The number of aromatic nitrogens is 1. The Kier molecular flexibility index (Phi) is 5.81. The highest BCUT2D eigenvalue weighted by molar-refractivity contribution is 5.45. The first-order valence-corrected chi connectivity index (χ1v) is 8.21. The van der Waals surface area contributed by atoms with Crippen LogP contribution in [0.15, 0.2) is 73.1 Å². The van der Waals surface area contributed by atoms with Crippen molar-refractivity contribution in [3.05, 3.63) is 89.7 Å². The quantitative estimate of drug-likeness (QED) is 0.603. The van der Waals surface area contributed by atoms with Crippen molar-refractivity contribution in [2.75, 3.05) is 12.2 Å². The average molecular weight is 345 g/mol. The lowest BCUT2D eigenvalue weighted by Crippen LogP contribution is -2.23. The number of nitriles is 1. The van der Waals surface area contributed by atoms with Crippen LogP contribution >= 0.6 is 0 Å². The Hall–Kier alpha value is -3.36. The lowest BCUT2D eigenvalue weighted by molar-refractivity contribution is 0.0893. The van der Waals surface area contributed by atoms with Crippen molar-refractivity contribution in [2.45, 2.75) is 13.2 Å². The number of anilines is 1. The van der Waals surface area contributed by atoms with Gasteiger partial charge in [-0.2, -0.15) is 5.26 Å². The molecule has 0 fully saturated rings. The van der Waals surface area contributed by atoms with Crippen LogP contribution in [-0.4, -0.2) is 12.1 Å². The molecule has 1 aromatic heterocycles. The molecule has 0 unspecified atom stereocenters. The highest BCUT2D eigenvalue weighted by atomic mass is 16.7. The lowest BCUT2D eigenvalue weighted by atomic mass is 10.1. The SMILES string of the molecule is COc1cc(C#N)ccc1CON(Cc1ccncc1)c1ccccc1. The smallest absolute Gasteiger partial charge is 0.125 e. The van der Waals surface area contributed by atoms with Gasteiger partial charge in [-0.3, -0.25) is 9.82 Å². The number of hydroxylamine groups is 1. The van der Waals surface area contributed by atoms with Crippen molar-refractivity contribution >= 4 is 5.69 Å². The third kappa shape index (κ3) is 4.38. The maximum absolute atomic E-state index is 9.03. The number of hydrogen-bond donors (Lipinski definition) is 0. The van der Waals surface area contributed by atoms with Crippen LogP contribution in [0.25, 0.3) is 0 Å². The molecule has 0 aliphatic rings. The molecule has 1 heterocycles. The summed E-state index contributed by atoms with van der Waals surface area (Å²) in [5, 5.41) is 10.9. The Balaban J connectivity index is 1.79. The Morgan fingerprint density at radius 1 is 1.04 bits per heavy atom. The molecule has 5 nitrogen and oxygen atoms in total. The summed E-state index contributed by atoms with van der Waals surface area (Å²) in [6.45, 7) is 0.917. The topological polar surface area (TPSA) is 58.4 Å². The van der Waals surface area contributed by atoms with E-state index in [1.54, 1.807) is 31.6 Å². The van der Waals surface area contributed by atoms with Crippen molar-refractivity contribution in [1.29, 1.82) is 5.26 Å². The van der Waals surface area contributed by atoms with E-state index in [2.05, 4.69) is 11.1 Å². The lowest BCUT2D eigenvalue weighted by Gasteiger charge is -2.24. The van der Waals surface area contributed by atoms with Gasteiger partial charge >= 0.3 is 0 Å². The molecule has 130 valence electrons. The second-order valence-electron chi connectivity index (χ2n) is 5.64. The summed E-state index contributed by atoms with van der Waals surface area (Å²) in [5.41, 5.74) is 3.48. The minimum absolute atomic E-state index is 0.328. The third-order valence-corrected chi connectivity index (χ3v) is 3.91. The first kappa shape index (κ1) is 17.5. The van der Waals surface area contributed by atoms with Crippen LogP contribution in [0.5, 0.6) is 5.75 Å². The molecule has 2 aromatic carbocycles. The summed E-state index contributed by atoms with van der Waals surface area (Å²) in [7, 11) is 1.59. The highest BCUT2D eigenvalue weighted by Gasteiger charge is 2.11. The van der Waals surface area contributed by atoms with Crippen molar-refractivity contribution in [2.24, 2.45) is 0 Å². The van der Waals surface area contributed by atoms with E-state index in [4.69, 9.17) is 14.8 Å². The predicted octanol–water partition coefficient (Wildman–Crippen LogP) is 4.10. The van der Waals surface area contributed by atoms with Crippen molar-refractivity contribution in [1.82, 2.24) is 4.98 Å². The van der Waals surface area contributed by atoms with E-state index in [-0.39, 0.29) is 0 Å². The Labute approximate surface area is 153 Å². The van der Waals surface area contributed by atoms with Gasteiger partial charge in [-0.25, -0.2) is 5.06 Å². The molecule has 0 radical (unpaired) electrons. The molecule has 5 heteroatoms. The number of rotatable bonds is 7. The summed E-state index contributed by atoms with van der Waals surface area (Å²) >= 11 is 0. The van der Waals surface area contributed by atoms with Gasteiger partial charge in [0.1, 0.15) is 12.4 Å². The maximum Gasteiger partial charge on any atom is 0.125 e. The largest absolute Gasteiger partial charge is 0.496 e. The number of pyridine rings is 1. The number of methoxy groups -OCH3 is 1. The highest BCUT2D eigenvalue weighted by Crippen LogP contribution is 2.23. The molecule has 0 aliphatic heterocycles. The number of hydrogen-bond acceptors (Lipinski definition) is 5. The van der Waals surface area contributed by atoms with Crippen LogP contribution < -0.4 is 9.80 Å². The fourth-order valence-corrected chi connectivity index (χ4v) is 2.54. The van der Waals surface area contributed by atoms with E-state index in [1.165, 1.54) is 0 Å². The minimum atomic E-state index is 0.328. The van der Waals surface area contributed by atoms with Crippen molar-refractivity contribution in [3.63, 3.8) is 0 Å². The Morgan fingerprint density at radius 3 is 2.50 bits per heavy atom. The van der Waals surface area contributed by atoms with Gasteiger partial charge in [-0.15, -0.1) is 0 Å². The standard InChI is InChI=1S/C21H19N3O2/c1-25-21-13-18(14-22)7-8-19(21)16-26-24(20-5-3-2-4-6-20)15-17-9-11-23-12-10-17/h2-13H,15-16H2,1H3. The van der Waals surface area contributed by atoms with Gasteiger partial charge in [0.15, 0.2) is 0 Å². The Morgan fingerprint density at radius 2 is 1.81 bits per heavy atom. The first-order chi connectivity index (χ1) is 12.8. The molecule has 0 bridgehead atoms. The van der Waals surface area contributed by atoms with E-state index in [1.807, 2.05) is 53.6 Å². The third-order valence-electron chi connectivity index (χ3n) is 3.91. The van der Waals surface area contributed by atoms with Crippen LogP contribution in [0, 0.1) is 11.3 Å². The van der Waals surface area contributed by atoms with E-state index >= 15 is 0 Å². The normalized spacial score (nSPS) is 10.2. The average Bonchev–Trinajstić information content (AvgIpc) is 2.72. The molecule has 0 N–H and O–H groups in total. The van der Waals surface area contributed by atoms with Crippen molar-refractivity contribution < 1.29 is 9.57 Å². The zero-order valence-electron chi connectivity index (χ0n) is 14.5. The van der Waals surface area contributed by atoms with Crippen LogP contribution in [-0.2, 0) is 18.0 Å². The zero-order valence-corrected chi connectivity index (χ0v) is 14.5. The first-order valence-electron chi connectivity index (χ1n) is 8.21. The molecule has 0 saturated heterocycles. The molecule has 0 spiro atoms. The zero-order chi connectivity index (χ0) is 18.2. The summed E-state index contributed by atoms with van der Waals surface area (Å²) in [6.07, 6.45) is 3.53. The van der Waals surface area contributed by atoms with Crippen LogP contribution in [0.3, 0.4) is 0 Å². The molecule has 3 aromatic rings. The van der Waals surface area contributed by atoms with E-state index in [9.17, 15) is 0 Å².